The van der Waals surface area contributed by atoms with E-state index in [0.717, 1.165) is 49.9 Å². The quantitative estimate of drug-likeness (QED) is 0.518. The lowest BCUT2D eigenvalue weighted by atomic mass is 10.0. The Morgan fingerprint density at radius 3 is 2.53 bits per heavy atom. The number of hydrogen-bond acceptors (Lipinski definition) is 5. The van der Waals surface area contributed by atoms with Gasteiger partial charge in [-0.3, -0.25) is 0 Å². The van der Waals surface area contributed by atoms with Gasteiger partial charge in [0.2, 0.25) is 0 Å². The zero-order valence-electron chi connectivity index (χ0n) is 19.7. The largest absolute Gasteiger partial charge is 0.484 e. The lowest BCUT2D eigenvalue weighted by Gasteiger charge is -2.29. The number of hydrogen-bond donors (Lipinski definition) is 1. The van der Waals surface area contributed by atoms with Crippen LogP contribution in [0.1, 0.15) is 60.9 Å². The molecule has 0 radical (unpaired) electrons. The molecule has 5 rings (SSSR count). The van der Waals surface area contributed by atoms with Crippen LogP contribution in [0.5, 0.6) is 5.75 Å². The van der Waals surface area contributed by atoms with Crippen molar-refractivity contribution in [1.82, 2.24) is 9.88 Å². The van der Waals surface area contributed by atoms with E-state index in [0.29, 0.717) is 11.5 Å². The highest BCUT2D eigenvalue weighted by Crippen LogP contribution is 2.48. The van der Waals surface area contributed by atoms with Gasteiger partial charge in [-0.15, -0.1) is 0 Å². The van der Waals surface area contributed by atoms with E-state index in [9.17, 15) is 18.0 Å². The lowest BCUT2D eigenvalue weighted by molar-refractivity contribution is -0.153. The molecule has 1 N–H and O–H groups in total. The normalized spacial score (nSPS) is 17.5. The SMILES string of the molecule is CNc1nccc2c1CN(C(C)c1ccc(OCC(F)(F)F)c(C)c1)C2=C1CC1.O=CC1CC1. The summed E-state index contributed by atoms with van der Waals surface area (Å²) < 4.78 is 42.3. The van der Waals surface area contributed by atoms with Gasteiger partial charge in [0.25, 0.3) is 0 Å². The van der Waals surface area contributed by atoms with Crippen LogP contribution in [0.2, 0.25) is 0 Å². The number of pyridine rings is 1. The number of fused-ring (bicyclic) bond motifs is 1. The van der Waals surface area contributed by atoms with Gasteiger partial charge in [0.1, 0.15) is 17.9 Å². The van der Waals surface area contributed by atoms with Gasteiger partial charge in [-0.2, -0.15) is 13.2 Å². The van der Waals surface area contributed by atoms with Crippen LogP contribution in [0.4, 0.5) is 19.0 Å². The minimum Gasteiger partial charge on any atom is -0.484 e. The monoisotopic (exact) mass is 473 g/mol. The summed E-state index contributed by atoms with van der Waals surface area (Å²) in [5, 5.41) is 3.18. The molecule has 3 aliphatic rings. The predicted molar refractivity (Wildman–Crippen MR) is 125 cm³/mol. The second kappa shape index (κ2) is 9.68. The van der Waals surface area contributed by atoms with E-state index in [2.05, 4.69) is 28.2 Å². The van der Waals surface area contributed by atoms with Crippen molar-refractivity contribution in [3.63, 3.8) is 0 Å². The summed E-state index contributed by atoms with van der Waals surface area (Å²) in [5.74, 6) is 1.61. The Kier molecular flexibility index (Phi) is 6.86. The highest BCUT2D eigenvalue weighted by atomic mass is 19.4. The van der Waals surface area contributed by atoms with E-state index in [-0.39, 0.29) is 11.8 Å². The van der Waals surface area contributed by atoms with E-state index >= 15 is 0 Å². The molecular formula is C26H30F3N3O2. The molecule has 1 atom stereocenters. The summed E-state index contributed by atoms with van der Waals surface area (Å²) in [5.41, 5.74) is 6.90. The molecule has 0 amide bonds. The lowest BCUT2D eigenvalue weighted by Crippen LogP contribution is -2.21. The molecule has 1 unspecified atom stereocenters. The fourth-order valence-corrected chi connectivity index (χ4v) is 4.18. The molecule has 2 saturated carbocycles. The van der Waals surface area contributed by atoms with Gasteiger partial charge >= 0.3 is 6.18 Å². The molecule has 2 fully saturated rings. The first-order chi connectivity index (χ1) is 16.2. The van der Waals surface area contributed by atoms with Crippen LogP contribution in [-0.4, -0.2) is 36.0 Å². The van der Waals surface area contributed by atoms with Gasteiger partial charge in [0.05, 0.1) is 6.04 Å². The third-order valence-electron chi connectivity index (χ3n) is 6.35. The molecule has 1 aromatic carbocycles. The van der Waals surface area contributed by atoms with Crippen LogP contribution in [0, 0.1) is 12.8 Å². The van der Waals surface area contributed by atoms with Crippen molar-refractivity contribution in [2.75, 3.05) is 19.0 Å². The Hall–Kier alpha value is -3.03. The predicted octanol–water partition coefficient (Wildman–Crippen LogP) is 6.05. The number of rotatable bonds is 6. The molecule has 2 heterocycles. The molecule has 0 saturated heterocycles. The number of aryl methyl sites for hydroxylation is 1. The highest BCUT2D eigenvalue weighted by Gasteiger charge is 2.35. The first-order valence-electron chi connectivity index (χ1n) is 11.6. The van der Waals surface area contributed by atoms with Crippen molar-refractivity contribution >= 4 is 17.8 Å². The van der Waals surface area contributed by atoms with Gasteiger partial charge in [-0.05, 0) is 68.4 Å². The minimum atomic E-state index is -4.34. The van der Waals surface area contributed by atoms with E-state index in [1.165, 1.54) is 22.4 Å². The number of nitrogens with zero attached hydrogens (tertiary/aromatic N) is 2. The molecule has 8 heteroatoms. The van der Waals surface area contributed by atoms with Crippen molar-refractivity contribution in [3.05, 3.63) is 58.3 Å². The van der Waals surface area contributed by atoms with Crippen molar-refractivity contribution in [2.45, 2.75) is 58.3 Å². The summed E-state index contributed by atoms with van der Waals surface area (Å²) in [6, 6.07) is 7.57. The number of ether oxygens (including phenoxy) is 1. The fourth-order valence-electron chi connectivity index (χ4n) is 4.18. The standard InChI is InChI=1S/C22H24F3N3O.C4H6O/c1-13-10-16(6-7-19(13)29-12-22(23,24)25)14(2)28-11-18-17(20(28)15-4-5-15)8-9-27-21(18)26-3;5-3-4-1-2-4/h6-10,14H,4-5,11-12H2,1-3H3,(H,26,27);3-4H,1-2H2. The topological polar surface area (TPSA) is 54.5 Å². The van der Waals surface area contributed by atoms with Crippen LogP contribution in [-0.2, 0) is 11.3 Å². The number of benzene rings is 1. The van der Waals surface area contributed by atoms with E-state index in [4.69, 9.17) is 4.74 Å². The van der Waals surface area contributed by atoms with E-state index in [1.807, 2.05) is 25.4 Å². The molecule has 34 heavy (non-hydrogen) atoms. The number of nitrogens with one attached hydrogen (secondary N) is 1. The minimum absolute atomic E-state index is 0.0746. The molecule has 5 nitrogen and oxygen atoms in total. The van der Waals surface area contributed by atoms with Crippen LogP contribution in [0.15, 0.2) is 36.0 Å². The Morgan fingerprint density at radius 1 is 1.26 bits per heavy atom. The molecule has 182 valence electrons. The number of aromatic nitrogens is 1. The van der Waals surface area contributed by atoms with Crippen LogP contribution >= 0.6 is 0 Å². The first-order valence-corrected chi connectivity index (χ1v) is 11.6. The summed E-state index contributed by atoms with van der Waals surface area (Å²) >= 11 is 0. The smallest absolute Gasteiger partial charge is 0.422 e. The van der Waals surface area contributed by atoms with Gasteiger partial charge < -0.3 is 19.7 Å². The Morgan fingerprint density at radius 2 is 2.00 bits per heavy atom. The van der Waals surface area contributed by atoms with E-state index < -0.39 is 12.8 Å². The van der Waals surface area contributed by atoms with Crippen molar-refractivity contribution in [2.24, 2.45) is 5.92 Å². The number of anilines is 1. The molecule has 2 aromatic rings. The molecule has 2 aliphatic carbocycles. The molecular weight excluding hydrogens is 443 g/mol. The third kappa shape index (κ3) is 5.54. The zero-order chi connectivity index (χ0) is 24.5. The number of carbonyl (C=O) groups excluding carboxylic acids is 1. The number of allylic oxidation sites excluding steroid dienone is 1. The molecule has 1 aromatic heterocycles. The van der Waals surface area contributed by atoms with Gasteiger partial charge in [-0.25, -0.2) is 4.98 Å². The Bertz CT molecular complexity index is 1090. The maximum absolute atomic E-state index is 12.5. The number of aldehydes is 1. The molecule has 1 aliphatic heterocycles. The summed E-state index contributed by atoms with van der Waals surface area (Å²) in [6.45, 7) is 3.39. The highest BCUT2D eigenvalue weighted by molar-refractivity contribution is 5.78. The van der Waals surface area contributed by atoms with Crippen molar-refractivity contribution in [3.8, 4) is 5.75 Å². The second-order valence-corrected chi connectivity index (χ2v) is 9.09. The van der Waals surface area contributed by atoms with Gasteiger partial charge in [0, 0.05) is 42.5 Å². The Balaban J connectivity index is 0.000000486. The maximum atomic E-state index is 12.5. The van der Waals surface area contributed by atoms with Crippen molar-refractivity contribution < 1.29 is 22.7 Å². The van der Waals surface area contributed by atoms with Gasteiger partial charge in [0.15, 0.2) is 6.61 Å². The molecule has 0 spiro atoms. The average molecular weight is 474 g/mol. The fraction of sp³-hybridized carbons (Fsp3) is 0.462. The van der Waals surface area contributed by atoms with Gasteiger partial charge in [-0.1, -0.05) is 12.1 Å². The average Bonchev–Trinajstić information content (AvgIpc) is 3.74. The summed E-state index contributed by atoms with van der Waals surface area (Å²) in [7, 11) is 1.88. The zero-order valence-corrected chi connectivity index (χ0v) is 19.7. The van der Waals surface area contributed by atoms with Crippen LogP contribution in [0.25, 0.3) is 5.70 Å². The second-order valence-electron chi connectivity index (χ2n) is 9.09. The summed E-state index contributed by atoms with van der Waals surface area (Å²) in [6.07, 6.45) is 3.02. The maximum Gasteiger partial charge on any atom is 0.422 e. The Labute approximate surface area is 198 Å². The van der Waals surface area contributed by atoms with Crippen LogP contribution in [0.3, 0.4) is 0 Å². The summed E-state index contributed by atoms with van der Waals surface area (Å²) in [4.78, 5) is 16.4. The van der Waals surface area contributed by atoms with Crippen molar-refractivity contribution in [1.29, 1.82) is 0 Å². The number of carbonyl (C=O) groups is 1. The third-order valence-corrected chi connectivity index (χ3v) is 6.35. The first kappa shape index (κ1) is 24.1. The molecule has 0 bridgehead atoms. The van der Waals surface area contributed by atoms with E-state index in [1.54, 1.807) is 13.0 Å². The number of halogens is 3. The number of alkyl halides is 3. The van der Waals surface area contributed by atoms with Crippen LogP contribution < -0.4 is 10.1 Å².